The number of amides is 1. The molecule has 3 aromatic rings. The average molecular weight is 279 g/mol. The van der Waals surface area contributed by atoms with E-state index in [0.29, 0.717) is 5.56 Å². The molecule has 0 bridgehead atoms. The zero-order valence-electron chi connectivity index (χ0n) is 11.1. The summed E-state index contributed by atoms with van der Waals surface area (Å²) in [5, 5.41) is 6.75. The molecule has 1 amide bonds. The second-order valence-electron chi connectivity index (χ2n) is 4.42. The largest absolute Gasteiger partial charge is 0.322 e. The van der Waals surface area contributed by atoms with Crippen LogP contribution in [0.2, 0.25) is 0 Å². The number of pyridine rings is 1. The predicted octanol–water partition coefficient (Wildman–Crippen LogP) is 1.66. The Kier molecular flexibility index (Phi) is 3.34. The maximum absolute atomic E-state index is 11.8. The summed E-state index contributed by atoms with van der Waals surface area (Å²) in [4.78, 5) is 16.3. The Hall–Kier alpha value is -3.15. The van der Waals surface area contributed by atoms with E-state index < -0.39 is 0 Å². The third-order valence-electron chi connectivity index (χ3n) is 3.07. The number of hydrogen-bond acceptors (Lipinski definition) is 4. The monoisotopic (exact) mass is 279 g/mol. The molecule has 2 aromatic heterocycles. The molecule has 0 fully saturated rings. The van der Waals surface area contributed by atoms with Gasteiger partial charge >= 0.3 is 0 Å². The standard InChI is InChI=1S/C15H13N5O/c16-18-10-17-15(21)12-7-8-20(9-12)14-6-5-11-3-1-2-4-13(11)19-14/h1-10H,16H2,(H,17,18,21). The summed E-state index contributed by atoms with van der Waals surface area (Å²) in [6.07, 6.45) is 4.64. The van der Waals surface area contributed by atoms with E-state index in [4.69, 9.17) is 5.84 Å². The van der Waals surface area contributed by atoms with Crippen LogP contribution in [0.15, 0.2) is 60.0 Å². The van der Waals surface area contributed by atoms with E-state index in [2.05, 4.69) is 15.4 Å². The fourth-order valence-electron chi connectivity index (χ4n) is 2.05. The smallest absolute Gasteiger partial charge is 0.257 e. The molecule has 0 saturated heterocycles. The third-order valence-corrected chi connectivity index (χ3v) is 3.07. The lowest BCUT2D eigenvalue weighted by molar-refractivity contribution is 0.0978. The van der Waals surface area contributed by atoms with Crippen molar-refractivity contribution in [2.24, 2.45) is 10.9 Å². The highest BCUT2D eigenvalue weighted by molar-refractivity contribution is 6.00. The number of carbonyl (C=O) groups excluding carboxylic acids is 1. The van der Waals surface area contributed by atoms with Crippen LogP contribution >= 0.6 is 0 Å². The molecule has 0 aliphatic heterocycles. The summed E-state index contributed by atoms with van der Waals surface area (Å²) < 4.78 is 1.79. The number of rotatable bonds is 3. The highest BCUT2D eigenvalue weighted by atomic mass is 16.1. The SMILES string of the molecule is NN=CNC(=O)c1ccn(-c2ccc3ccccc3n2)c1. The van der Waals surface area contributed by atoms with Gasteiger partial charge in [-0.25, -0.2) is 4.98 Å². The maximum atomic E-state index is 11.8. The normalized spacial score (nSPS) is 11.0. The fourth-order valence-corrected chi connectivity index (χ4v) is 2.05. The number of para-hydroxylation sites is 1. The van der Waals surface area contributed by atoms with Crippen molar-refractivity contribution in [2.75, 3.05) is 0 Å². The number of nitrogens with two attached hydrogens (primary N) is 1. The first-order valence-corrected chi connectivity index (χ1v) is 6.35. The Bertz CT molecular complexity index is 822. The zero-order valence-corrected chi connectivity index (χ0v) is 11.1. The van der Waals surface area contributed by atoms with Crippen LogP contribution in [-0.4, -0.2) is 21.8 Å². The molecule has 0 aliphatic carbocycles. The molecule has 0 atom stereocenters. The Morgan fingerprint density at radius 3 is 2.95 bits per heavy atom. The highest BCUT2D eigenvalue weighted by Crippen LogP contribution is 2.15. The molecule has 3 rings (SSSR count). The molecule has 0 radical (unpaired) electrons. The molecule has 6 heteroatoms. The van der Waals surface area contributed by atoms with Crippen LogP contribution in [0.3, 0.4) is 0 Å². The molecule has 104 valence electrons. The molecular weight excluding hydrogens is 266 g/mol. The first-order valence-electron chi connectivity index (χ1n) is 6.35. The van der Waals surface area contributed by atoms with E-state index in [0.717, 1.165) is 23.1 Å². The van der Waals surface area contributed by atoms with Gasteiger partial charge in [0.1, 0.15) is 12.2 Å². The van der Waals surface area contributed by atoms with Crippen molar-refractivity contribution < 1.29 is 4.79 Å². The van der Waals surface area contributed by atoms with Crippen LogP contribution in [0, 0.1) is 0 Å². The van der Waals surface area contributed by atoms with Gasteiger partial charge in [0.2, 0.25) is 0 Å². The van der Waals surface area contributed by atoms with Gasteiger partial charge in [0.05, 0.1) is 11.1 Å². The molecule has 0 saturated carbocycles. The van der Waals surface area contributed by atoms with Gasteiger partial charge in [-0.15, -0.1) is 0 Å². The van der Waals surface area contributed by atoms with E-state index in [-0.39, 0.29) is 5.91 Å². The zero-order chi connectivity index (χ0) is 14.7. The van der Waals surface area contributed by atoms with Crippen LogP contribution in [-0.2, 0) is 0 Å². The van der Waals surface area contributed by atoms with Crippen LogP contribution in [0.25, 0.3) is 16.7 Å². The van der Waals surface area contributed by atoms with Gasteiger partial charge in [0.25, 0.3) is 5.91 Å². The minimum atomic E-state index is -0.274. The van der Waals surface area contributed by atoms with Crippen LogP contribution < -0.4 is 11.2 Å². The molecule has 0 aliphatic rings. The number of nitrogens with one attached hydrogen (secondary N) is 1. The number of benzene rings is 1. The number of fused-ring (bicyclic) bond motifs is 1. The van der Waals surface area contributed by atoms with Gasteiger partial charge < -0.3 is 15.7 Å². The number of hydrazone groups is 1. The molecule has 3 N–H and O–H groups in total. The van der Waals surface area contributed by atoms with Crippen molar-refractivity contribution in [2.45, 2.75) is 0 Å². The van der Waals surface area contributed by atoms with E-state index in [1.807, 2.05) is 36.4 Å². The lowest BCUT2D eigenvalue weighted by Crippen LogP contribution is -2.21. The quantitative estimate of drug-likeness (QED) is 0.331. The molecule has 21 heavy (non-hydrogen) atoms. The predicted molar refractivity (Wildman–Crippen MR) is 81.2 cm³/mol. The van der Waals surface area contributed by atoms with Crippen LogP contribution in [0.4, 0.5) is 0 Å². The highest BCUT2D eigenvalue weighted by Gasteiger charge is 2.07. The minimum Gasteiger partial charge on any atom is -0.322 e. The molecule has 1 aromatic carbocycles. The first kappa shape index (κ1) is 12.9. The summed E-state index contributed by atoms with van der Waals surface area (Å²) in [5.74, 6) is 5.42. The second-order valence-corrected chi connectivity index (χ2v) is 4.42. The molecule has 0 unspecified atom stereocenters. The first-order chi connectivity index (χ1) is 10.3. The summed E-state index contributed by atoms with van der Waals surface area (Å²) in [6, 6.07) is 13.5. The average Bonchev–Trinajstić information content (AvgIpc) is 3.02. The lowest BCUT2D eigenvalue weighted by atomic mass is 10.2. The Labute approximate surface area is 120 Å². The van der Waals surface area contributed by atoms with Gasteiger partial charge in [-0.2, -0.15) is 5.10 Å². The van der Waals surface area contributed by atoms with Gasteiger partial charge in [0, 0.05) is 17.8 Å². The topological polar surface area (TPSA) is 85.3 Å². The van der Waals surface area contributed by atoms with Crippen molar-refractivity contribution in [3.8, 4) is 5.82 Å². The number of aromatic nitrogens is 2. The molecule has 2 heterocycles. The van der Waals surface area contributed by atoms with Gasteiger partial charge in [-0.05, 0) is 24.3 Å². The van der Waals surface area contributed by atoms with Crippen molar-refractivity contribution in [3.63, 3.8) is 0 Å². The molecule has 0 spiro atoms. The van der Waals surface area contributed by atoms with Crippen molar-refractivity contribution in [1.82, 2.24) is 14.9 Å². The van der Waals surface area contributed by atoms with E-state index in [9.17, 15) is 4.79 Å². The summed E-state index contributed by atoms with van der Waals surface area (Å²) >= 11 is 0. The van der Waals surface area contributed by atoms with Crippen molar-refractivity contribution in [1.29, 1.82) is 0 Å². The van der Waals surface area contributed by atoms with Crippen molar-refractivity contribution in [3.05, 3.63) is 60.4 Å². The Balaban J connectivity index is 1.92. The number of hydrogen-bond donors (Lipinski definition) is 2. The van der Waals surface area contributed by atoms with Gasteiger partial charge in [0.15, 0.2) is 0 Å². The van der Waals surface area contributed by atoms with E-state index in [1.165, 1.54) is 0 Å². The fraction of sp³-hybridized carbons (Fsp3) is 0. The van der Waals surface area contributed by atoms with Gasteiger partial charge in [-0.3, -0.25) is 4.79 Å². The number of nitrogens with zero attached hydrogens (tertiary/aromatic N) is 3. The third kappa shape index (κ3) is 2.59. The van der Waals surface area contributed by atoms with Crippen molar-refractivity contribution >= 4 is 23.1 Å². The Morgan fingerprint density at radius 1 is 1.24 bits per heavy atom. The minimum absolute atomic E-state index is 0.274. The summed E-state index contributed by atoms with van der Waals surface area (Å²) in [5.41, 5.74) is 1.41. The molecule has 6 nitrogen and oxygen atoms in total. The lowest BCUT2D eigenvalue weighted by Gasteiger charge is -2.03. The summed E-state index contributed by atoms with van der Waals surface area (Å²) in [7, 11) is 0. The van der Waals surface area contributed by atoms with E-state index >= 15 is 0 Å². The second kappa shape index (κ2) is 5.46. The van der Waals surface area contributed by atoms with E-state index in [1.54, 1.807) is 23.0 Å². The van der Waals surface area contributed by atoms with Crippen LogP contribution in [0.5, 0.6) is 0 Å². The molecular formula is C15H13N5O. The Morgan fingerprint density at radius 2 is 2.10 bits per heavy atom. The maximum Gasteiger partial charge on any atom is 0.257 e. The van der Waals surface area contributed by atoms with Crippen LogP contribution in [0.1, 0.15) is 10.4 Å². The van der Waals surface area contributed by atoms with Gasteiger partial charge in [-0.1, -0.05) is 18.2 Å². The summed E-state index contributed by atoms with van der Waals surface area (Å²) in [6.45, 7) is 0. The number of carbonyl (C=O) groups is 1.